The van der Waals surface area contributed by atoms with Crippen LogP contribution < -0.4 is 9.62 Å². The van der Waals surface area contributed by atoms with Gasteiger partial charge in [0.15, 0.2) is 0 Å². The molecular formula is C21H28N2O3S. The van der Waals surface area contributed by atoms with Gasteiger partial charge in [-0.1, -0.05) is 35.9 Å². The lowest BCUT2D eigenvalue weighted by Crippen LogP contribution is -2.48. The van der Waals surface area contributed by atoms with E-state index in [0.717, 1.165) is 28.5 Å². The van der Waals surface area contributed by atoms with Gasteiger partial charge in [0.05, 0.1) is 18.0 Å². The number of rotatable bonds is 6. The predicted molar refractivity (Wildman–Crippen MR) is 110 cm³/mol. The van der Waals surface area contributed by atoms with Gasteiger partial charge in [-0.25, -0.2) is 8.42 Å². The third-order valence-electron chi connectivity index (χ3n) is 4.60. The number of carbonyl (C=O) groups excluding carboxylic acids is 1. The maximum absolute atomic E-state index is 12.8. The Morgan fingerprint density at radius 3 is 2.19 bits per heavy atom. The molecule has 5 nitrogen and oxygen atoms in total. The Bertz CT molecular complexity index is 938. The third-order valence-corrected chi connectivity index (χ3v) is 5.84. The molecule has 0 aromatic heterocycles. The summed E-state index contributed by atoms with van der Waals surface area (Å²) < 4.78 is 25.9. The average molecular weight is 389 g/mol. The first-order valence-electron chi connectivity index (χ1n) is 8.94. The van der Waals surface area contributed by atoms with Crippen molar-refractivity contribution >= 4 is 21.6 Å². The number of anilines is 1. The quantitative estimate of drug-likeness (QED) is 0.821. The van der Waals surface area contributed by atoms with Crippen molar-refractivity contribution in [2.45, 2.75) is 46.7 Å². The largest absolute Gasteiger partial charge is 0.348 e. The normalized spacial score (nSPS) is 13.7. The monoisotopic (exact) mass is 388 g/mol. The summed E-state index contributed by atoms with van der Waals surface area (Å²) in [5.41, 5.74) is 4.68. The molecule has 27 heavy (non-hydrogen) atoms. The minimum Gasteiger partial charge on any atom is -0.348 e. The highest BCUT2D eigenvalue weighted by atomic mass is 32.2. The van der Waals surface area contributed by atoms with Crippen molar-refractivity contribution in [3.8, 4) is 0 Å². The predicted octanol–water partition coefficient (Wildman–Crippen LogP) is 3.64. The molecule has 0 aliphatic rings. The first-order chi connectivity index (χ1) is 12.5. The Morgan fingerprint density at radius 1 is 1.00 bits per heavy atom. The van der Waals surface area contributed by atoms with Crippen LogP contribution >= 0.6 is 0 Å². The molecule has 2 aromatic rings. The Balaban J connectivity index is 2.27. The summed E-state index contributed by atoms with van der Waals surface area (Å²) in [6, 6.07) is 12.1. The van der Waals surface area contributed by atoms with Crippen molar-refractivity contribution in [1.82, 2.24) is 5.32 Å². The summed E-state index contributed by atoms with van der Waals surface area (Å²) in [6.07, 6.45) is 1.12. The molecule has 0 radical (unpaired) electrons. The molecule has 0 heterocycles. The molecular weight excluding hydrogens is 360 g/mol. The fraction of sp³-hybridized carbons (Fsp3) is 0.381. The van der Waals surface area contributed by atoms with E-state index in [0.29, 0.717) is 5.69 Å². The van der Waals surface area contributed by atoms with E-state index in [-0.39, 0.29) is 11.9 Å². The molecule has 0 aliphatic heterocycles. The van der Waals surface area contributed by atoms with E-state index >= 15 is 0 Å². The van der Waals surface area contributed by atoms with Crippen LogP contribution in [0.25, 0.3) is 0 Å². The zero-order valence-corrected chi connectivity index (χ0v) is 17.6. The number of aryl methyl sites for hydroxylation is 3. The molecule has 1 amide bonds. The van der Waals surface area contributed by atoms with Gasteiger partial charge in [-0.3, -0.25) is 9.10 Å². The van der Waals surface area contributed by atoms with Crippen molar-refractivity contribution in [2.24, 2.45) is 0 Å². The lowest BCUT2D eigenvalue weighted by Gasteiger charge is -2.29. The maximum Gasteiger partial charge on any atom is 0.244 e. The Hall–Kier alpha value is -2.34. The van der Waals surface area contributed by atoms with Gasteiger partial charge in [0.25, 0.3) is 0 Å². The van der Waals surface area contributed by atoms with Gasteiger partial charge in [0.2, 0.25) is 15.9 Å². The minimum atomic E-state index is -3.62. The van der Waals surface area contributed by atoms with Crippen LogP contribution in [0.2, 0.25) is 0 Å². The molecule has 2 atom stereocenters. The third kappa shape index (κ3) is 5.10. The number of hydrogen-bond donors (Lipinski definition) is 1. The molecule has 1 N–H and O–H groups in total. The van der Waals surface area contributed by atoms with Gasteiger partial charge < -0.3 is 5.32 Å². The van der Waals surface area contributed by atoms with E-state index in [1.54, 1.807) is 25.1 Å². The van der Waals surface area contributed by atoms with Gasteiger partial charge in [-0.15, -0.1) is 0 Å². The van der Waals surface area contributed by atoms with Crippen molar-refractivity contribution in [1.29, 1.82) is 0 Å². The van der Waals surface area contributed by atoms with E-state index in [2.05, 4.69) is 11.4 Å². The first kappa shape index (κ1) is 21.0. The summed E-state index contributed by atoms with van der Waals surface area (Å²) in [5, 5.41) is 2.95. The molecule has 0 spiro atoms. The maximum atomic E-state index is 12.8. The summed E-state index contributed by atoms with van der Waals surface area (Å²) in [7, 11) is -3.62. The SMILES string of the molecule is Cc1cccc(N([C@H](C)C(=O)N[C@@H](C)c2ccc(C)cc2C)S(C)(=O)=O)c1. The second kappa shape index (κ2) is 8.13. The number of nitrogens with zero attached hydrogens (tertiary/aromatic N) is 1. The second-order valence-corrected chi connectivity index (χ2v) is 9.02. The van der Waals surface area contributed by atoms with Crippen LogP contribution in [-0.2, 0) is 14.8 Å². The van der Waals surface area contributed by atoms with Crippen LogP contribution in [0, 0.1) is 20.8 Å². The molecule has 0 unspecified atom stereocenters. The highest BCUT2D eigenvalue weighted by molar-refractivity contribution is 7.92. The van der Waals surface area contributed by atoms with Crippen molar-refractivity contribution in [2.75, 3.05) is 10.6 Å². The van der Waals surface area contributed by atoms with E-state index in [1.807, 2.05) is 45.9 Å². The van der Waals surface area contributed by atoms with Crippen LogP contribution in [0.5, 0.6) is 0 Å². The Morgan fingerprint density at radius 2 is 1.63 bits per heavy atom. The topological polar surface area (TPSA) is 66.5 Å². The number of benzene rings is 2. The second-order valence-electron chi connectivity index (χ2n) is 7.16. The highest BCUT2D eigenvalue weighted by Crippen LogP contribution is 2.23. The molecule has 0 saturated heterocycles. The fourth-order valence-corrected chi connectivity index (χ4v) is 4.46. The Labute approximate surface area is 162 Å². The van der Waals surface area contributed by atoms with E-state index < -0.39 is 16.1 Å². The molecule has 0 aliphatic carbocycles. The fourth-order valence-electron chi connectivity index (χ4n) is 3.30. The molecule has 0 bridgehead atoms. The number of sulfonamides is 1. The zero-order chi connectivity index (χ0) is 20.4. The lowest BCUT2D eigenvalue weighted by atomic mass is 10.00. The molecule has 2 rings (SSSR count). The van der Waals surface area contributed by atoms with Gasteiger partial charge in [-0.05, 0) is 63.4 Å². The summed E-state index contributed by atoms with van der Waals surface area (Å²) in [4.78, 5) is 12.8. The van der Waals surface area contributed by atoms with Crippen LogP contribution in [0.4, 0.5) is 5.69 Å². The van der Waals surface area contributed by atoms with E-state index in [4.69, 9.17) is 0 Å². The van der Waals surface area contributed by atoms with E-state index in [1.165, 1.54) is 4.31 Å². The standard InChI is InChI=1S/C21H28N2O3S/c1-14-8-7-9-19(13-14)23(27(6,25)26)18(5)21(24)22-17(4)20-11-10-15(2)12-16(20)3/h7-13,17-18H,1-6H3,(H,22,24)/t17-,18+/m0/s1. The number of amides is 1. The lowest BCUT2D eigenvalue weighted by molar-refractivity contribution is -0.122. The highest BCUT2D eigenvalue weighted by Gasteiger charge is 2.30. The molecule has 6 heteroatoms. The van der Waals surface area contributed by atoms with E-state index in [9.17, 15) is 13.2 Å². The van der Waals surface area contributed by atoms with Crippen LogP contribution in [0.1, 0.15) is 42.1 Å². The number of carbonyl (C=O) groups is 1. The minimum absolute atomic E-state index is 0.223. The van der Waals surface area contributed by atoms with Crippen molar-refractivity contribution in [3.05, 3.63) is 64.7 Å². The van der Waals surface area contributed by atoms with Gasteiger partial charge in [0.1, 0.15) is 6.04 Å². The summed E-state index contributed by atoms with van der Waals surface area (Å²) >= 11 is 0. The molecule has 0 saturated carbocycles. The average Bonchev–Trinajstić information content (AvgIpc) is 2.53. The Kier molecular flexibility index (Phi) is 6.31. The van der Waals surface area contributed by atoms with Crippen LogP contribution in [0.15, 0.2) is 42.5 Å². The van der Waals surface area contributed by atoms with Crippen LogP contribution in [0.3, 0.4) is 0 Å². The molecule has 0 fully saturated rings. The molecule has 146 valence electrons. The molecule has 2 aromatic carbocycles. The summed E-state index contributed by atoms with van der Waals surface area (Å²) in [6.45, 7) is 9.42. The van der Waals surface area contributed by atoms with Gasteiger partial charge in [0, 0.05) is 0 Å². The van der Waals surface area contributed by atoms with Crippen molar-refractivity contribution < 1.29 is 13.2 Å². The number of nitrogens with one attached hydrogen (secondary N) is 1. The van der Waals surface area contributed by atoms with Crippen LogP contribution in [-0.4, -0.2) is 26.6 Å². The van der Waals surface area contributed by atoms with Gasteiger partial charge in [-0.2, -0.15) is 0 Å². The van der Waals surface area contributed by atoms with Crippen molar-refractivity contribution in [3.63, 3.8) is 0 Å². The smallest absolute Gasteiger partial charge is 0.244 e. The van der Waals surface area contributed by atoms with Gasteiger partial charge >= 0.3 is 0 Å². The number of hydrogen-bond acceptors (Lipinski definition) is 3. The zero-order valence-electron chi connectivity index (χ0n) is 16.8. The first-order valence-corrected chi connectivity index (χ1v) is 10.8. The summed E-state index contributed by atoms with van der Waals surface area (Å²) in [5.74, 6) is -0.339.